The number of carbonyl (C=O) groups excluding carboxylic acids is 1. The van der Waals surface area contributed by atoms with Gasteiger partial charge in [-0.25, -0.2) is 9.59 Å². The molecule has 1 N–H and O–H groups in total. The van der Waals surface area contributed by atoms with Crippen LogP contribution in [0.3, 0.4) is 0 Å². The molecule has 0 bridgehead atoms. The molecule has 28 heavy (non-hydrogen) atoms. The number of esters is 1. The second kappa shape index (κ2) is 9.22. The Labute approximate surface area is 160 Å². The van der Waals surface area contributed by atoms with E-state index in [0.29, 0.717) is 18.5 Å². The number of hydrogen-bond donors (Lipinski definition) is 1. The maximum Gasteiger partial charge on any atom is 0.339 e. The summed E-state index contributed by atoms with van der Waals surface area (Å²) < 4.78 is 5.01. The monoisotopic (exact) mass is 382 g/mol. The quantitative estimate of drug-likeness (QED) is 0.183. The van der Waals surface area contributed by atoms with Gasteiger partial charge in [-0.1, -0.05) is 18.7 Å². The molecule has 0 heterocycles. The van der Waals surface area contributed by atoms with Crippen LogP contribution in [0.5, 0.6) is 5.75 Å². The lowest BCUT2D eigenvalue weighted by Crippen LogP contribution is -2.11. The number of benzene rings is 2. The van der Waals surface area contributed by atoms with Crippen LogP contribution >= 0.6 is 0 Å². The topological polar surface area (TPSA) is 119 Å². The molecule has 0 aliphatic heterocycles. The van der Waals surface area contributed by atoms with E-state index in [1.54, 1.807) is 18.3 Å². The Morgan fingerprint density at radius 2 is 1.93 bits per heavy atom. The van der Waals surface area contributed by atoms with E-state index in [-0.39, 0.29) is 22.6 Å². The van der Waals surface area contributed by atoms with Crippen LogP contribution in [0.2, 0.25) is 0 Å². The summed E-state index contributed by atoms with van der Waals surface area (Å²) in [5.41, 5.74) is 1.33. The summed E-state index contributed by atoms with van der Waals surface area (Å²) in [5, 5.41) is 19.9. The fourth-order valence-corrected chi connectivity index (χ4v) is 2.23. The number of carboxylic acid groups (broad SMARTS) is 1. The summed E-state index contributed by atoms with van der Waals surface area (Å²) in [6.45, 7) is 4.92. The standard InChI is InChI=1S/C20H18N2O6/c1-13(2)20(25)28-18-10-7-15(12-17(18)19(23)24)21-11-3-4-14-5-8-16(9-6-14)22(26)27/h5-12H,1,3-4H2,2H3,(H,23,24). The van der Waals surface area contributed by atoms with E-state index in [4.69, 9.17) is 4.74 Å². The zero-order chi connectivity index (χ0) is 20.7. The first kappa shape index (κ1) is 20.5. The number of nitro groups is 1. The van der Waals surface area contributed by atoms with E-state index >= 15 is 0 Å². The molecule has 8 heteroatoms. The predicted octanol–water partition coefficient (Wildman–Crippen LogP) is 4.11. The minimum absolute atomic E-state index is 0.0334. The minimum atomic E-state index is -1.24. The summed E-state index contributed by atoms with van der Waals surface area (Å²) in [5.74, 6) is -2.03. The lowest BCUT2D eigenvalue weighted by Gasteiger charge is -2.08. The van der Waals surface area contributed by atoms with Crippen LogP contribution in [0.1, 0.15) is 29.3 Å². The smallest absolute Gasteiger partial charge is 0.339 e. The second-order valence-corrected chi connectivity index (χ2v) is 5.93. The molecule has 2 rings (SSSR count). The van der Waals surface area contributed by atoms with Gasteiger partial charge in [0.25, 0.3) is 5.69 Å². The van der Waals surface area contributed by atoms with E-state index in [9.17, 15) is 24.8 Å². The van der Waals surface area contributed by atoms with E-state index < -0.39 is 16.9 Å². The largest absolute Gasteiger partial charge is 0.478 e. The average Bonchev–Trinajstić information content (AvgIpc) is 2.66. The van der Waals surface area contributed by atoms with E-state index in [1.165, 1.54) is 37.3 Å². The van der Waals surface area contributed by atoms with E-state index in [1.807, 2.05) is 0 Å². The number of hydrogen-bond acceptors (Lipinski definition) is 6. The molecule has 0 saturated carbocycles. The first-order valence-corrected chi connectivity index (χ1v) is 8.29. The Bertz CT molecular complexity index is 948. The number of aryl methyl sites for hydroxylation is 1. The molecule has 0 atom stereocenters. The van der Waals surface area contributed by atoms with Gasteiger partial charge in [-0.3, -0.25) is 15.1 Å². The molecule has 0 radical (unpaired) electrons. The number of carboxylic acids is 1. The number of nitro benzene ring substituents is 1. The normalized spacial score (nSPS) is 10.6. The van der Waals surface area contributed by atoms with Gasteiger partial charge < -0.3 is 9.84 Å². The number of rotatable bonds is 8. The number of carbonyl (C=O) groups is 2. The van der Waals surface area contributed by atoms with Gasteiger partial charge in [0.15, 0.2) is 0 Å². The third-order valence-electron chi connectivity index (χ3n) is 3.69. The third kappa shape index (κ3) is 5.60. The van der Waals surface area contributed by atoms with Gasteiger partial charge in [-0.15, -0.1) is 0 Å². The molecule has 0 unspecified atom stereocenters. The molecule has 0 aliphatic rings. The molecule has 144 valence electrons. The number of aliphatic imine (C=N–C) groups is 1. The van der Waals surface area contributed by atoms with Crippen molar-refractivity contribution in [2.75, 3.05) is 0 Å². The first-order valence-electron chi connectivity index (χ1n) is 8.29. The highest BCUT2D eigenvalue weighted by molar-refractivity contribution is 5.95. The Kier molecular flexibility index (Phi) is 6.75. The molecule has 2 aromatic carbocycles. The minimum Gasteiger partial charge on any atom is -0.478 e. The fourth-order valence-electron chi connectivity index (χ4n) is 2.23. The number of ether oxygens (including phenoxy) is 1. The van der Waals surface area contributed by atoms with Crippen molar-refractivity contribution in [1.29, 1.82) is 0 Å². The van der Waals surface area contributed by atoms with Gasteiger partial charge in [0.05, 0.1) is 10.6 Å². The molecule has 0 spiro atoms. The Morgan fingerprint density at radius 1 is 1.25 bits per heavy atom. The number of nitrogens with zero attached hydrogens (tertiary/aromatic N) is 2. The molecule has 2 aromatic rings. The maximum absolute atomic E-state index is 11.6. The van der Waals surface area contributed by atoms with Crippen LogP contribution in [0, 0.1) is 10.1 Å². The summed E-state index contributed by atoms with van der Waals surface area (Å²) in [4.78, 5) is 37.4. The Hall–Kier alpha value is -3.81. The van der Waals surface area contributed by atoms with Crippen molar-refractivity contribution < 1.29 is 24.4 Å². The van der Waals surface area contributed by atoms with E-state index in [0.717, 1.165) is 5.56 Å². The van der Waals surface area contributed by atoms with Crippen molar-refractivity contribution >= 4 is 29.5 Å². The highest BCUT2D eigenvalue weighted by Crippen LogP contribution is 2.25. The molecular weight excluding hydrogens is 364 g/mol. The second-order valence-electron chi connectivity index (χ2n) is 5.93. The highest BCUT2D eigenvalue weighted by atomic mass is 16.6. The molecule has 0 aliphatic carbocycles. The molecule has 0 fully saturated rings. The summed E-state index contributed by atoms with van der Waals surface area (Å²) in [6, 6.07) is 10.5. The molecule has 0 saturated heterocycles. The van der Waals surface area contributed by atoms with Crippen molar-refractivity contribution in [1.82, 2.24) is 0 Å². The van der Waals surface area contributed by atoms with Gasteiger partial charge in [0, 0.05) is 23.9 Å². The lowest BCUT2D eigenvalue weighted by molar-refractivity contribution is -0.384. The molecular formula is C20H18N2O6. The van der Waals surface area contributed by atoms with Crippen molar-refractivity contribution in [3.63, 3.8) is 0 Å². The summed E-state index contributed by atoms with van der Waals surface area (Å²) >= 11 is 0. The lowest BCUT2D eigenvalue weighted by atomic mass is 10.1. The highest BCUT2D eigenvalue weighted by Gasteiger charge is 2.15. The van der Waals surface area contributed by atoms with Crippen LogP contribution in [0.15, 0.2) is 59.6 Å². The summed E-state index contributed by atoms with van der Waals surface area (Å²) in [6.07, 6.45) is 2.82. The molecule has 8 nitrogen and oxygen atoms in total. The Balaban J connectivity index is 2.03. The van der Waals surface area contributed by atoms with Crippen LogP contribution < -0.4 is 4.74 Å². The maximum atomic E-state index is 11.6. The number of non-ortho nitro benzene ring substituents is 1. The third-order valence-corrected chi connectivity index (χ3v) is 3.69. The van der Waals surface area contributed by atoms with Gasteiger partial charge in [0.2, 0.25) is 0 Å². The van der Waals surface area contributed by atoms with E-state index in [2.05, 4.69) is 11.6 Å². The van der Waals surface area contributed by atoms with Gasteiger partial charge >= 0.3 is 11.9 Å². The number of aromatic carboxylic acids is 1. The van der Waals surface area contributed by atoms with Crippen molar-refractivity contribution in [3.05, 3.63) is 75.9 Å². The molecule has 0 amide bonds. The van der Waals surface area contributed by atoms with Crippen LogP contribution in [-0.4, -0.2) is 28.2 Å². The SMILES string of the molecule is C=C(C)C(=O)Oc1ccc(N=CCCc2ccc([N+](=O)[O-])cc2)cc1C(=O)O. The Morgan fingerprint density at radius 3 is 2.50 bits per heavy atom. The average molecular weight is 382 g/mol. The van der Waals surface area contributed by atoms with Crippen LogP contribution in [0.25, 0.3) is 0 Å². The van der Waals surface area contributed by atoms with Crippen LogP contribution in [-0.2, 0) is 11.2 Å². The van der Waals surface area contributed by atoms with Gasteiger partial charge in [-0.2, -0.15) is 0 Å². The van der Waals surface area contributed by atoms with Gasteiger partial charge in [-0.05, 0) is 43.5 Å². The zero-order valence-electron chi connectivity index (χ0n) is 15.1. The predicted molar refractivity (Wildman–Crippen MR) is 103 cm³/mol. The van der Waals surface area contributed by atoms with Gasteiger partial charge in [0.1, 0.15) is 11.3 Å². The summed E-state index contributed by atoms with van der Waals surface area (Å²) in [7, 11) is 0. The van der Waals surface area contributed by atoms with Crippen molar-refractivity contribution in [2.24, 2.45) is 4.99 Å². The van der Waals surface area contributed by atoms with Crippen LogP contribution in [0.4, 0.5) is 11.4 Å². The zero-order valence-corrected chi connectivity index (χ0v) is 15.1. The molecule has 0 aromatic heterocycles. The first-order chi connectivity index (χ1) is 13.3. The van der Waals surface area contributed by atoms with Crippen molar-refractivity contribution in [2.45, 2.75) is 19.8 Å². The fraction of sp³-hybridized carbons (Fsp3) is 0.150. The van der Waals surface area contributed by atoms with Crippen molar-refractivity contribution in [3.8, 4) is 5.75 Å².